The molecule has 0 heterocycles. The van der Waals surface area contributed by atoms with E-state index in [2.05, 4.69) is 28.2 Å². The highest BCUT2D eigenvalue weighted by Crippen LogP contribution is 2.34. The van der Waals surface area contributed by atoms with Crippen LogP contribution in [0.25, 0.3) is 0 Å². The van der Waals surface area contributed by atoms with E-state index in [0.29, 0.717) is 11.5 Å². The van der Waals surface area contributed by atoms with Crippen LogP contribution in [0.4, 0.5) is 0 Å². The van der Waals surface area contributed by atoms with E-state index < -0.39 is 0 Å². The van der Waals surface area contributed by atoms with Gasteiger partial charge in [-0.3, -0.25) is 4.79 Å². The first-order chi connectivity index (χ1) is 9.46. The van der Waals surface area contributed by atoms with Crippen LogP contribution in [-0.4, -0.2) is 21.9 Å². The van der Waals surface area contributed by atoms with Crippen molar-refractivity contribution in [1.29, 1.82) is 0 Å². The fraction of sp³-hybridized carbons (Fsp3) is 0.562. The Bertz CT molecular complexity index is 503. The predicted octanol–water partition coefficient (Wildman–Crippen LogP) is 3.77. The highest BCUT2D eigenvalue weighted by Gasteiger charge is 2.35. The van der Waals surface area contributed by atoms with Crippen LogP contribution >= 0.6 is 15.9 Å². The summed E-state index contributed by atoms with van der Waals surface area (Å²) in [5.74, 6) is 0.481. The standard InChI is InChI=1S/C16H22BrNO2/c1-11-5-6-14(19)13(8-11)15(20)18-16(10-17)7-3-4-12(2)9-16/h5-6,8,12,19H,3-4,7,9-10H2,1-2H3,(H,18,20). The van der Waals surface area contributed by atoms with Crippen LogP contribution in [0.5, 0.6) is 5.75 Å². The van der Waals surface area contributed by atoms with Crippen molar-refractivity contribution in [2.24, 2.45) is 5.92 Å². The Kier molecular flexibility index (Phi) is 4.74. The molecule has 1 aliphatic carbocycles. The molecule has 0 radical (unpaired) electrons. The largest absolute Gasteiger partial charge is 0.507 e. The molecule has 0 saturated heterocycles. The lowest BCUT2D eigenvalue weighted by Crippen LogP contribution is -2.52. The molecule has 0 aliphatic heterocycles. The lowest BCUT2D eigenvalue weighted by Gasteiger charge is -2.39. The fourth-order valence-electron chi connectivity index (χ4n) is 3.07. The zero-order valence-corrected chi connectivity index (χ0v) is 13.7. The van der Waals surface area contributed by atoms with Crippen molar-refractivity contribution in [1.82, 2.24) is 5.32 Å². The van der Waals surface area contributed by atoms with Gasteiger partial charge in [-0.05, 0) is 37.8 Å². The zero-order valence-electron chi connectivity index (χ0n) is 12.1. The summed E-state index contributed by atoms with van der Waals surface area (Å²) in [5, 5.41) is 13.8. The van der Waals surface area contributed by atoms with Gasteiger partial charge in [0.2, 0.25) is 0 Å². The van der Waals surface area contributed by atoms with Crippen LogP contribution in [0.1, 0.15) is 48.5 Å². The molecule has 0 spiro atoms. The van der Waals surface area contributed by atoms with Crippen molar-refractivity contribution in [2.45, 2.75) is 45.1 Å². The number of carbonyl (C=O) groups is 1. The van der Waals surface area contributed by atoms with Crippen molar-refractivity contribution in [3.8, 4) is 5.75 Å². The third kappa shape index (κ3) is 3.35. The summed E-state index contributed by atoms with van der Waals surface area (Å²) in [6.45, 7) is 4.14. The van der Waals surface area contributed by atoms with Crippen LogP contribution in [0, 0.1) is 12.8 Å². The van der Waals surface area contributed by atoms with Crippen LogP contribution in [0.2, 0.25) is 0 Å². The summed E-state index contributed by atoms with van der Waals surface area (Å²) in [7, 11) is 0. The van der Waals surface area contributed by atoms with Crippen molar-refractivity contribution in [2.75, 3.05) is 5.33 Å². The number of rotatable bonds is 3. The number of amides is 1. The summed E-state index contributed by atoms with van der Waals surface area (Å²) >= 11 is 3.55. The number of aromatic hydroxyl groups is 1. The van der Waals surface area contributed by atoms with Crippen molar-refractivity contribution in [3.05, 3.63) is 29.3 Å². The minimum atomic E-state index is -0.190. The maximum atomic E-state index is 12.5. The van der Waals surface area contributed by atoms with Gasteiger partial charge in [-0.25, -0.2) is 0 Å². The molecule has 2 atom stereocenters. The SMILES string of the molecule is Cc1ccc(O)c(C(=O)NC2(CBr)CCCC(C)C2)c1. The molecule has 0 bridgehead atoms. The first-order valence-corrected chi connectivity index (χ1v) is 8.26. The number of alkyl halides is 1. The Morgan fingerprint density at radius 3 is 2.95 bits per heavy atom. The van der Waals surface area contributed by atoms with E-state index in [1.54, 1.807) is 18.2 Å². The second-order valence-electron chi connectivity index (χ2n) is 6.09. The van der Waals surface area contributed by atoms with Crippen molar-refractivity contribution in [3.63, 3.8) is 0 Å². The molecule has 1 aliphatic rings. The molecule has 2 rings (SSSR count). The molecule has 1 saturated carbocycles. The number of hydrogen-bond donors (Lipinski definition) is 2. The summed E-state index contributed by atoms with van der Waals surface area (Å²) in [4.78, 5) is 12.5. The number of halogens is 1. The molecule has 1 aromatic rings. The van der Waals surface area contributed by atoms with E-state index in [0.717, 1.165) is 30.2 Å². The smallest absolute Gasteiger partial charge is 0.255 e. The number of hydrogen-bond acceptors (Lipinski definition) is 2. The zero-order chi connectivity index (χ0) is 14.8. The number of nitrogens with one attached hydrogen (secondary N) is 1. The number of phenols is 1. The molecular formula is C16H22BrNO2. The van der Waals surface area contributed by atoms with E-state index in [1.807, 2.05) is 6.92 Å². The van der Waals surface area contributed by atoms with Crippen LogP contribution in [0.3, 0.4) is 0 Å². The second-order valence-corrected chi connectivity index (χ2v) is 6.65. The van der Waals surface area contributed by atoms with Gasteiger partial charge in [-0.2, -0.15) is 0 Å². The maximum Gasteiger partial charge on any atom is 0.255 e. The molecule has 3 nitrogen and oxygen atoms in total. The number of carbonyl (C=O) groups excluding carboxylic acids is 1. The topological polar surface area (TPSA) is 49.3 Å². The predicted molar refractivity (Wildman–Crippen MR) is 84.5 cm³/mol. The third-order valence-electron chi connectivity index (χ3n) is 4.12. The monoisotopic (exact) mass is 339 g/mol. The fourth-order valence-corrected chi connectivity index (χ4v) is 3.72. The summed E-state index contributed by atoms with van der Waals surface area (Å²) in [5.41, 5.74) is 1.15. The van der Waals surface area contributed by atoms with Gasteiger partial charge in [0.1, 0.15) is 5.75 Å². The second kappa shape index (κ2) is 6.17. The molecule has 20 heavy (non-hydrogen) atoms. The molecule has 0 aromatic heterocycles. The van der Waals surface area contributed by atoms with E-state index in [4.69, 9.17) is 0 Å². The maximum absolute atomic E-state index is 12.5. The number of aryl methyl sites for hydroxylation is 1. The Balaban J connectivity index is 2.19. The highest BCUT2D eigenvalue weighted by atomic mass is 79.9. The van der Waals surface area contributed by atoms with Gasteiger partial charge in [0.05, 0.1) is 11.1 Å². The minimum Gasteiger partial charge on any atom is -0.507 e. The summed E-state index contributed by atoms with van der Waals surface area (Å²) < 4.78 is 0. The normalized spacial score (nSPS) is 26.2. The van der Waals surface area contributed by atoms with Gasteiger partial charge in [-0.1, -0.05) is 47.3 Å². The van der Waals surface area contributed by atoms with E-state index >= 15 is 0 Å². The summed E-state index contributed by atoms with van der Waals surface area (Å²) in [6.07, 6.45) is 4.32. The van der Waals surface area contributed by atoms with Crippen LogP contribution < -0.4 is 5.32 Å². The van der Waals surface area contributed by atoms with Gasteiger partial charge in [0.15, 0.2) is 0 Å². The Morgan fingerprint density at radius 2 is 2.30 bits per heavy atom. The average Bonchev–Trinajstić information content (AvgIpc) is 2.41. The number of benzene rings is 1. The lowest BCUT2D eigenvalue weighted by atomic mass is 9.77. The van der Waals surface area contributed by atoms with Gasteiger partial charge >= 0.3 is 0 Å². The first-order valence-electron chi connectivity index (χ1n) is 7.14. The highest BCUT2D eigenvalue weighted by molar-refractivity contribution is 9.09. The van der Waals surface area contributed by atoms with Gasteiger partial charge in [0.25, 0.3) is 5.91 Å². The van der Waals surface area contributed by atoms with Gasteiger partial charge in [0, 0.05) is 5.33 Å². The Hall–Kier alpha value is -1.03. The quantitative estimate of drug-likeness (QED) is 0.823. The molecule has 2 unspecified atom stereocenters. The Labute approximate surface area is 128 Å². The van der Waals surface area contributed by atoms with E-state index in [9.17, 15) is 9.90 Å². The lowest BCUT2D eigenvalue weighted by molar-refractivity contribution is 0.0867. The molecular weight excluding hydrogens is 318 g/mol. The number of phenolic OH excluding ortho intramolecular Hbond substituents is 1. The molecule has 2 N–H and O–H groups in total. The van der Waals surface area contributed by atoms with Gasteiger partial charge in [-0.15, -0.1) is 0 Å². The van der Waals surface area contributed by atoms with Crippen LogP contribution in [-0.2, 0) is 0 Å². The first kappa shape index (κ1) is 15.4. The Morgan fingerprint density at radius 1 is 1.55 bits per heavy atom. The molecule has 1 aromatic carbocycles. The van der Waals surface area contributed by atoms with Gasteiger partial charge < -0.3 is 10.4 Å². The molecule has 110 valence electrons. The van der Waals surface area contributed by atoms with E-state index in [-0.39, 0.29) is 17.2 Å². The molecule has 4 heteroatoms. The third-order valence-corrected chi connectivity index (χ3v) is 5.20. The molecule has 1 fully saturated rings. The van der Waals surface area contributed by atoms with Crippen molar-refractivity contribution >= 4 is 21.8 Å². The minimum absolute atomic E-state index is 0.0432. The van der Waals surface area contributed by atoms with Crippen molar-refractivity contribution < 1.29 is 9.90 Å². The molecule has 1 amide bonds. The van der Waals surface area contributed by atoms with E-state index in [1.165, 1.54) is 6.42 Å². The average molecular weight is 340 g/mol. The van der Waals surface area contributed by atoms with Crippen LogP contribution in [0.15, 0.2) is 18.2 Å². The summed E-state index contributed by atoms with van der Waals surface area (Å²) in [6, 6.07) is 5.11.